The second-order valence-electron chi connectivity index (χ2n) is 7.85. The first-order valence-corrected chi connectivity index (χ1v) is 11.1. The average Bonchev–Trinajstić information content (AvgIpc) is 2.78. The number of carbonyl (C=O) groups excluding carboxylic acids is 1. The Morgan fingerprint density at radius 2 is 1.61 bits per heavy atom. The van der Waals surface area contributed by atoms with Gasteiger partial charge in [-0.15, -0.1) is 0 Å². The smallest absolute Gasteiger partial charge is 0.255 e. The molecule has 0 bridgehead atoms. The lowest BCUT2D eigenvalue weighted by Crippen LogP contribution is -2.46. The Hall–Kier alpha value is -2.53. The van der Waals surface area contributed by atoms with E-state index in [9.17, 15) is 4.79 Å². The van der Waals surface area contributed by atoms with Gasteiger partial charge in [0.05, 0.1) is 21.4 Å². The molecule has 1 fully saturated rings. The first-order valence-electron chi connectivity index (χ1n) is 10.4. The molecule has 4 nitrogen and oxygen atoms in total. The van der Waals surface area contributed by atoms with Crippen molar-refractivity contribution in [3.05, 3.63) is 93.5 Å². The van der Waals surface area contributed by atoms with Crippen LogP contribution in [0.5, 0.6) is 0 Å². The Bertz CT molecular complexity index is 1060. The fourth-order valence-electron chi connectivity index (χ4n) is 3.80. The van der Waals surface area contributed by atoms with Crippen molar-refractivity contribution in [2.45, 2.75) is 13.5 Å². The van der Waals surface area contributed by atoms with E-state index < -0.39 is 0 Å². The summed E-state index contributed by atoms with van der Waals surface area (Å²) in [6.07, 6.45) is 0. The molecule has 1 amide bonds. The van der Waals surface area contributed by atoms with Crippen LogP contribution in [0, 0.1) is 6.92 Å². The van der Waals surface area contributed by atoms with Gasteiger partial charge in [-0.1, -0.05) is 59.1 Å². The van der Waals surface area contributed by atoms with Gasteiger partial charge >= 0.3 is 0 Å². The molecule has 1 saturated heterocycles. The molecule has 1 N–H and O–H groups in total. The third-order valence-corrected chi connectivity index (χ3v) is 6.31. The maximum absolute atomic E-state index is 12.7. The number of nitrogens with zero attached hydrogens (tertiary/aromatic N) is 2. The van der Waals surface area contributed by atoms with Crippen molar-refractivity contribution in [3.63, 3.8) is 0 Å². The molecular weight excluding hydrogens is 429 g/mol. The summed E-state index contributed by atoms with van der Waals surface area (Å²) in [4.78, 5) is 17.4. The fraction of sp³-hybridized carbons (Fsp3) is 0.240. The molecule has 1 aliphatic heterocycles. The molecule has 3 aromatic carbocycles. The zero-order valence-electron chi connectivity index (χ0n) is 17.4. The minimum atomic E-state index is -0.0919. The number of nitrogens with one attached hydrogen (secondary N) is 1. The number of aryl methyl sites for hydroxylation is 1. The molecule has 0 radical (unpaired) electrons. The van der Waals surface area contributed by atoms with Crippen LogP contribution in [0.4, 0.5) is 11.4 Å². The van der Waals surface area contributed by atoms with Crippen molar-refractivity contribution in [3.8, 4) is 0 Å². The predicted molar refractivity (Wildman–Crippen MR) is 130 cm³/mol. The molecule has 0 saturated carbocycles. The molecular formula is C25H25Cl2N3O. The summed E-state index contributed by atoms with van der Waals surface area (Å²) < 4.78 is 0. The van der Waals surface area contributed by atoms with E-state index in [1.807, 2.05) is 67.6 Å². The van der Waals surface area contributed by atoms with Crippen molar-refractivity contribution in [1.82, 2.24) is 4.90 Å². The summed E-state index contributed by atoms with van der Waals surface area (Å²) >= 11 is 12.2. The number of rotatable bonds is 5. The molecule has 31 heavy (non-hydrogen) atoms. The van der Waals surface area contributed by atoms with E-state index in [4.69, 9.17) is 23.2 Å². The molecule has 160 valence electrons. The highest BCUT2D eigenvalue weighted by Crippen LogP contribution is 2.28. The maximum Gasteiger partial charge on any atom is 0.255 e. The predicted octanol–water partition coefficient (Wildman–Crippen LogP) is 5.88. The van der Waals surface area contributed by atoms with E-state index in [0.29, 0.717) is 15.6 Å². The fourth-order valence-corrected chi connectivity index (χ4v) is 4.12. The molecule has 0 atom stereocenters. The summed E-state index contributed by atoms with van der Waals surface area (Å²) in [6.45, 7) is 6.49. The van der Waals surface area contributed by atoms with Gasteiger partial charge in [-0.05, 0) is 48.9 Å². The molecule has 0 spiro atoms. The Morgan fingerprint density at radius 1 is 0.903 bits per heavy atom. The lowest BCUT2D eigenvalue weighted by Gasteiger charge is -2.37. The second kappa shape index (κ2) is 9.73. The number of piperazine rings is 1. The second-order valence-corrected chi connectivity index (χ2v) is 8.66. The van der Waals surface area contributed by atoms with Gasteiger partial charge in [-0.2, -0.15) is 0 Å². The monoisotopic (exact) mass is 453 g/mol. The van der Waals surface area contributed by atoms with E-state index in [-0.39, 0.29) is 5.91 Å². The molecule has 6 heteroatoms. The van der Waals surface area contributed by atoms with Gasteiger partial charge in [0, 0.05) is 38.3 Å². The summed E-state index contributed by atoms with van der Waals surface area (Å²) in [5, 5.41) is 4.26. The van der Waals surface area contributed by atoms with E-state index >= 15 is 0 Å². The minimum absolute atomic E-state index is 0.0919. The van der Waals surface area contributed by atoms with Crippen LogP contribution in [-0.4, -0.2) is 37.0 Å². The molecule has 0 unspecified atom stereocenters. The first-order chi connectivity index (χ1) is 15.0. The molecule has 1 aliphatic rings. The van der Waals surface area contributed by atoms with Crippen LogP contribution >= 0.6 is 23.2 Å². The van der Waals surface area contributed by atoms with Gasteiger partial charge in [0.25, 0.3) is 5.91 Å². The largest absolute Gasteiger partial charge is 0.367 e. The molecule has 3 aromatic rings. The van der Waals surface area contributed by atoms with Crippen LogP contribution in [0.3, 0.4) is 0 Å². The SMILES string of the molecule is Cc1ccc(C(=O)Nc2ccccc2N2CCN(Cc3ccc(Cl)c(Cl)c3)CC2)cc1. The van der Waals surface area contributed by atoms with Gasteiger partial charge in [0.15, 0.2) is 0 Å². The van der Waals surface area contributed by atoms with E-state index in [1.54, 1.807) is 0 Å². The number of carbonyl (C=O) groups is 1. The highest BCUT2D eigenvalue weighted by Gasteiger charge is 2.20. The van der Waals surface area contributed by atoms with Crippen molar-refractivity contribution in [2.24, 2.45) is 0 Å². The van der Waals surface area contributed by atoms with Crippen LogP contribution in [-0.2, 0) is 6.54 Å². The van der Waals surface area contributed by atoms with Gasteiger partial charge in [-0.25, -0.2) is 0 Å². The van der Waals surface area contributed by atoms with Crippen LogP contribution in [0.15, 0.2) is 66.7 Å². The number of hydrogen-bond donors (Lipinski definition) is 1. The van der Waals surface area contributed by atoms with Crippen LogP contribution < -0.4 is 10.2 Å². The number of hydrogen-bond acceptors (Lipinski definition) is 3. The first kappa shape index (κ1) is 21.7. The molecule has 0 aromatic heterocycles. The number of para-hydroxylation sites is 2. The zero-order valence-corrected chi connectivity index (χ0v) is 19.0. The summed E-state index contributed by atoms with van der Waals surface area (Å²) in [7, 11) is 0. The third kappa shape index (κ3) is 5.40. The van der Waals surface area contributed by atoms with Crippen LogP contribution in [0.1, 0.15) is 21.5 Å². The lowest BCUT2D eigenvalue weighted by molar-refractivity contribution is 0.102. The minimum Gasteiger partial charge on any atom is -0.367 e. The highest BCUT2D eigenvalue weighted by atomic mass is 35.5. The average molecular weight is 454 g/mol. The van der Waals surface area contributed by atoms with Crippen molar-refractivity contribution < 1.29 is 4.79 Å². The van der Waals surface area contributed by atoms with Crippen LogP contribution in [0.25, 0.3) is 0 Å². The van der Waals surface area contributed by atoms with Crippen molar-refractivity contribution in [1.29, 1.82) is 0 Å². The zero-order chi connectivity index (χ0) is 21.8. The highest BCUT2D eigenvalue weighted by molar-refractivity contribution is 6.42. The van der Waals surface area contributed by atoms with E-state index in [2.05, 4.69) is 21.2 Å². The topological polar surface area (TPSA) is 35.6 Å². The normalized spacial score (nSPS) is 14.5. The number of benzene rings is 3. The van der Waals surface area contributed by atoms with E-state index in [1.165, 1.54) is 0 Å². The van der Waals surface area contributed by atoms with Gasteiger partial charge in [-0.3, -0.25) is 9.69 Å². The molecule has 0 aliphatic carbocycles. The Kier molecular flexibility index (Phi) is 6.81. The van der Waals surface area contributed by atoms with Crippen molar-refractivity contribution in [2.75, 3.05) is 36.4 Å². The number of anilines is 2. The Labute approximate surface area is 193 Å². The standard InChI is InChI=1S/C25H25Cl2N3O/c1-18-6-9-20(10-7-18)25(31)28-23-4-2-3-5-24(23)30-14-12-29(13-15-30)17-19-8-11-21(26)22(27)16-19/h2-11,16H,12-15,17H2,1H3,(H,28,31). The summed E-state index contributed by atoms with van der Waals surface area (Å²) in [6, 6.07) is 21.4. The van der Waals surface area contributed by atoms with Crippen LogP contribution in [0.2, 0.25) is 10.0 Å². The van der Waals surface area contributed by atoms with Gasteiger partial charge in [0.1, 0.15) is 0 Å². The lowest BCUT2D eigenvalue weighted by atomic mass is 10.1. The summed E-state index contributed by atoms with van der Waals surface area (Å²) in [5.74, 6) is -0.0919. The maximum atomic E-state index is 12.7. The number of halogens is 2. The quantitative estimate of drug-likeness (QED) is 0.523. The third-order valence-electron chi connectivity index (χ3n) is 5.57. The van der Waals surface area contributed by atoms with Gasteiger partial charge in [0.2, 0.25) is 0 Å². The molecule has 4 rings (SSSR count). The van der Waals surface area contributed by atoms with Crippen molar-refractivity contribution >= 4 is 40.5 Å². The van der Waals surface area contributed by atoms with Gasteiger partial charge < -0.3 is 10.2 Å². The number of amides is 1. The Balaban J connectivity index is 1.40. The molecule has 1 heterocycles. The Morgan fingerprint density at radius 3 is 2.32 bits per heavy atom. The summed E-state index contributed by atoms with van der Waals surface area (Å²) in [5.41, 5.74) is 4.85. The van der Waals surface area contributed by atoms with E-state index in [0.717, 1.165) is 55.2 Å².